The van der Waals surface area contributed by atoms with Gasteiger partial charge in [-0.1, -0.05) is 0 Å². The van der Waals surface area contributed by atoms with Crippen molar-refractivity contribution in [3.05, 3.63) is 105 Å². The Morgan fingerprint density at radius 2 is 0.917 bits per heavy atom. The van der Waals surface area contributed by atoms with Gasteiger partial charge in [0.15, 0.2) is 0 Å². The molecule has 0 unspecified atom stereocenters. The summed E-state index contributed by atoms with van der Waals surface area (Å²) in [7, 11) is 5.90. The number of fused-ring (bicyclic) bond motifs is 3. The van der Waals surface area contributed by atoms with Crippen LogP contribution in [0.15, 0.2) is 84.9 Å². The van der Waals surface area contributed by atoms with Gasteiger partial charge in [-0.15, -0.1) is 0 Å². The third-order valence-corrected chi connectivity index (χ3v) is 6.64. The molecular formula is C27H23N5O4. The second kappa shape index (κ2) is 8.70. The van der Waals surface area contributed by atoms with E-state index in [2.05, 4.69) is 28.8 Å². The predicted molar refractivity (Wildman–Crippen MR) is 143 cm³/mol. The quantitative estimate of drug-likeness (QED) is 0.198. The highest BCUT2D eigenvalue weighted by atomic mass is 16.6. The fourth-order valence-corrected chi connectivity index (χ4v) is 4.51. The number of aryl methyl sites for hydroxylation is 1. The van der Waals surface area contributed by atoms with Crippen molar-refractivity contribution in [3.8, 4) is 0 Å². The number of non-ortho nitro benzene ring substituents is 2. The van der Waals surface area contributed by atoms with Crippen molar-refractivity contribution in [1.82, 2.24) is 4.57 Å². The molecule has 0 radical (unpaired) electrons. The third-order valence-electron chi connectivity index (χ3n) is 6.64. The minimum absolute atomic E-state index is 0.0568. The number of hydrogen-bond acceptors (Lipinski definition) is 6. The summed E-state index contributed by atoms with van der Waals surface area (Å²) in [5.41, 5.74) is 5.89. The van der Waals surface area contributed by atoms with Gasteiger partial charge in [-0.25, -0.2) is 0 Å². The Kier molecular flexibility index (Phi) is 5.52. The van der Waals surface area contributed by atoms with Crippen LogP contribution >= 0.6 is 0 Å². The first-order valence-corrected chi connectivity index (χ1v) is 11.2. The van der Waals surface area contributed by atoms with Crippen molar-refractivity contribution in [1.29, 1.82) is 0 Å². The number of aromatic nitrogens is 1. The van der Waals surface area contributed by atoms with E-state index in [4.69, 9.17) is 0 Å². The number of nitrogens with zero attached hydrogens (tertiary/aromatic N) is 5. The van der Waals surface area contributed by atoms with Gasteiger partial charge in [0, 0.05) is 90.0 Å². The standard InChI is InChI=1S/C27H23N5O4/c1-28(18-4-8-20(9-5-18)31(33)34)22-12-14-26-24(16-22)25-17-23(13-15-27(25)30(26)3)29(2)19-6-10-21(11-7-19)32(35)36/h4-17H,1-3H3. The lowest BCUT2D eigenvalue weighted by atomic mass is 10.1. The number of rotatable bonds is 6. The molecule has 0 aliphatic heterocycles. The monoisotopic (exact) mass is 481 g/mol. The maximum Gasteiger partial charge on any atom is 0.269 e. The van der Waals surface area contributed by atoms with Gasteiger partial charge in [-0.05, 0) is 60.7 Å². The Hall–Kier alpha value is -4.92. The van der Waals surface area contributed by atoms with Crippen LogP contribution in [0.2, 0.25) is 0 Å². The van der Waals surface area contributed by atoms with Crippen LogP contribution in [0, 0.1) is 20.2 Å². The Morgan fingerprint density at radius 1 is 0.583 bits per heavy atom. The molecule has 0 spiro atoms. The van der Waals surface area contributed by atoms with E-state index in [-0.39, 0.29) is 11.4 Å². The molecule has 1 heterocycles. The molecule has 0 atom stereocenters. The summed E-state index contributed by atoms with van der Waals surface area (Å²) in [6, 6.07) is 25.4. The third kappa shape index (κ3) is 3.86. The van der Waals surface area contributed by atoms with Crippen LogP contribution in [0.5, 0.6) is 0 Å². The van der Waals surface area contributed by atoms with E-state index in [0.29, 0.717) is 0 Å². The van der Waals surface area contributed by atoms with Gasteiger partial charge < -0.3 is 14.4 Å². The van der Waals surface area contributed by atoms with Gasteiger partial charge in [0.1, 0.15) is 0 Å². The smallest absolute Gasteiger partial charge is 0.269 e. The highest BCUT2D eigenvalue weighted by Crippen LogP contribution is 2.36. The number of nitro groups is 2. The first-order chi connectivity index (χ1) is 17.2. The minimum Gasteiger partial charge on any atom is -0.345 e. The van der Waals surface area contributed by atoms with Gasteiger partial charge >= 0.3 is 0 Å². The average Bonchev–Trinajstić information content (AvgIpc) is 3.18. The maximum absolute atomic E-state index is 11.0. The zero-order chi connectivity index (χ0) is 25.6. The molecule has 1 aromatic heterocycles. The van der Waals surface area contributed by atoms with Crippen molar-refractivity contribution in [3.63, 3.8) is 0 Å². The average molecular weight is 482 g/mol. The zero-order valence-corrected chi connectivity index (χ0v) is 20.0. The summed E-state index contributed by atoms with van der Waals surface area (Å²) in [6.07, 6.45) is 0. The van der Waals surface area contributed by atoms with Crippen molar-refractivity contribution >= 4 is 55.9 Å². The molecule has 4 aromatic carbocycles. The summed E-state index contributed by atoms with van der Waals surface area (Å²) < 4.78 is 2.15. The molecule has 180 valence electrons. The second-order valence-corrected chi connectivity index (χ2v) is 8.63. The lowest BCUT2D eigenvalue weighted by molar-refractivity contribution is -0.385. The molecule has 9 nitrogen and oxygen atoms in total. The highest BCUT2D eigenvalue weighted by molar-refractivity contribution is 6.10. The molecule has 0 aliphatic rings. The van der Waals surface area contributed by atoms with Crippen molar-refractivity contribution in [2.45, 2.75) is 0 Å². The zero-order valence-electron chi connectivity index (χ0n) is 20.0. The topological polar surface area (TPSA) is 97.7 Å². The van der Waals surface area contributed by atoms with E-state index in [1.807, 2.05) is 43.1 Å². The van der Waals surface area contributed by atoms with Gasteiger partial charge in [0.05, 0.1) is 9.85 Å². The van der Waals surface area contributed by atoms with Crippen molar-refractivity contribution < 1.29 is 9.85 Å². The predicted octanol–water partition coefficient (Wildman–Crippen LogP) is 6.68. The fourth-order valence-electron chi connectivity index (χ4n) is 4.51. The first kappa shape index (κ1) is 22.9. The van der Waals surface area contributed by atoms with Gasteiger partial charge in [0.25, 0.3) is 11.4 Å². The van der Waals surface area contributed by atoms with Gasteiger partial charge in [-0.2, -0.15) is 0 Å². The molecule has 0 amide bonds. The number of nitro benzene ring substituents is 2. The van der Waals surface area contributed by atoms with E-state index >= 15 is 0 Å². The van der Waals surface area contributed by atoms with E-state index in [1.54, 1.807) is 24.3 Å². The van der Waals surface area contributed by atoms with E-state index in [9.17, 15) is 20.2 Å². The SMILES string of the molecule is CN(c1ccc([N+](=O)[O-])cc1)c1ccc2c(c1)c1cc(N(C)c3ccc([N+](=O)[O-])cc3)ccc1n2C. The number of anilines is 4. The highest BCUT2D eigenvalue weighted by Gasteiger charge is 2.15. The van der Waals surface area contributed by atoms with Crippen LogP contribution in [0.25, 0.3) is 21.8 Å². The van der Waals surface area contributed by atoms with E-state index in [1.165, 1.54) is 24.3 Å². The Morgan fingerprint density at radius 3 is 1.25 bits per heavy atom. The molecular weight excluding hydrogens is 458 g/mol. The van der Waals surface area contributed by atoms with Crippen LogP contribution in [0.4, 0.5) is 34.1 Å². The van der Waals surface area contributed by atoms with Crippen molar-refractivity contribution in [2.24, 2.45) is 7.05 Å². The molecule has 5 rings (SSSR count). The van der Waals surface area contributed by atoms with Crippen LogP contribution in [0.1, 0.15) is 0 Å². The van der Waals surface area contributed by atoms with Crippen LogP contribution in [-0.4, -0.2) is 28.5 Å². The Bertz CT molecular complexity index is 1500. The summed E-state index contributed by atoms with van der Waals surface area (Å²) in [4.78, 5) is 25.2. The summed E-state index contributed by atoms with van der Waals surface area (Å²) in [5.74, 6) is 0. The van der Waals surface area contributed by atoms with E-state index < -0.39 is 9.85 Å². The van der Waals surface area contributed by atoms with E-state index in [0.717, 1.165) is 44.6 Å². The Labute approximate surface area is 206 Å². The molecule has 0 saturated heterocycles. The largest absolute Gasteiger partial charge is 0.345 e. The van der Waals surface area contributed by atoms with Crippen LogP contribution < -0.4 is 9.80 Å². The summed E-state index contributed by atoms with van der Waals surface area (Å²) in [5, 5.41) is 24.1. The molecule has 0 N–H and O–H groups in total. The lowest BCUT2D eigenvalue weighted by Crippen LogP contribution is -2.09. The van der Waals surface area contributed by atoms with Crippen LogP contribution in [-0.2, 0) is 7.05 Å². The molecule has 9 heteroatoms. The first-order valence-electron chi connectivity index (χ1n) is 11.2. The number of benzene rings is 4. The Balaban J connectivity index is 1.55. The molecule has 36 heavy (non-hydrogen) atoms. The number of hydrogen-bond donors (Lipinski definition) is 0. The maximum atomic E-state index is 11.0. The minimum atomic E-state index is -0.406. The molecule has 0 bridgehead atoms. The molecule has 0 saturated carbocycles. The molecule has 0 fully saturated rings. The lowest BCUT2D eigenvalue weighted by Gasteiger charge is -2.20. The summed E-state index contributed by atoms with van der Waals surface area (Å²) in [6.45, 7) is 0. The summed E-state index contributed by atoms with van der Waals surface area (Å²) >= 11 is 0. The second-order valence-electron chi connectivity index (χ2n) is 8.63. The van der Waals surface area contributed by atoms with Crippen molar-refractivity contribution in [2.75, 3.05) is 23.9 Å². The fraction of sp³-hybridized carbons (Fsp3) is 0.111. The normalized spacial score (nSPS) is 11.1. The van der Waals surface area contributed by atoms with Gasteiger partial charge in [0.2, 0.25) is 0 Å². The molecule has 0 aliphatic carbocycles. The van der Waals surface area contributed by atoms with Crippen LogP contribution in [0.3, 0.4) is 0 Å². The van der Waals surface area contributed by atoms with Gasteiger partial charge in [-0.3, -0.25) is 20.2 Å². The molecule has 5 aromatic rings.